The van der Waals surface area contributed by atoms with Gasteiger partial charge in [-0.1, -0.05) is 6.07 Å². The van der Waals surface area contributed by atoms with Gasteiger partial charge in [-0.2, -0.15) is 0 Å². The van der Waals surface area contributed by atoms with Crippen molar-refractivity contribution >= 4 is 0 Å². The largest absolute Gasteiger partial charge is 0.384 e. The zero-order valence-corrected chi connectivity index (χ0v) is 11.8. The molecular formula is C16H21N3O. The average molecular weight is 271 g/mol. The van der Waals surface area contributed by atoms with Crippen LogP contribution >= 0.6 is 0 Å². The Hall–Kier alpha value is -1.65. The van der Waals surface area contributed by atoms with E-state index in [1.165, 1.54) is 11.4 Å². The minimum atomic E-state index is 0.464. The van der Waals surface area contributed by atoms with Crippen LogP contribution in [0.1, 0.15) is 17.3 Å². The molecular weight excluding hydrogens is 250 g/mol. The molecule has 0 radical (unpaired) electrons. The fourth-order valence-corrected chi connectivity index (χ4v) is 3.11. The third-order valence-corrected chi connectivity index (χ3v) is 4.02. The summed E-state index contributed by atoms with van der Waals surface area (Å²) in [6.45, 7) is 3.87. The molecule has 4 heteroatoms. The molecule has 106 valence electrons. The summed E-state index contributed by atoms with van der Waals surface area (Å²) in [4.78, 5) is 10.3. The van der Waals surface area contributed by atoms with E-state index in [1.54, 1.807) is 7.11 Å². The van der Waals surface area contributed by atoms with Crippen molar-refractivity contribution in [2.75, 3.05) is 26.8 Å². The molecule has 1 aliphatic heterocycles. The lowest BCUT2D eigenvalue weighted by molar-refractivity contribution is 0.147. The Morgan fingerprint density at radius 1 is 1.30 bits per heavy atom. The van der Waals surface area contributed by atoms with Crippen LogP contribution in [0.4, 0.5) is 0 Å². The fourth-order valence-electron chi connectivity index (χ4n) is 3.11. The van der Waals surface area contributed by atoms with E-state index in [0.29, 0.717) is 11.8 Å². The molecule has 0 aromatic carbocycles. The van der Waals surface area contributed by atoms with E-state index in [0.717, 1.165) is 26.2 Å². The highest BCUT2D eigenvalue weighted by Crippen LogP contribution is 2.32. The average Bonchev–Trinajstić information content (AvgIpc) is 3.11. The maximum absolute atomic E-state index is 5.40. The standard InChI is InChI=1S/C16H21N3O/c1-20-12-13-9-19(10-14-5-4-8-17-14)11-15(13)16-6-2-3-7-18-16/h2-8,13,15,17H,9-12H2,1H3/t13-,15+/m0/s1. The number of nitrogens with zero attached hydrogens (tertiary/aromatic N) is 2. The molecule has 1 aliphatic rings. The van der Waals surface area contributed by atoms with Crippen molar-refractivity contribution in [1.82, 2.24) is 14.9 Å². The quantitative estimate of drug-likeness (QED) is 0.907. The molecule has 0 bridgehead atoms. The predicted octanol–water partition coefficient (Wildman–Crippen LogP) is 2.27. The van der Waals surface area contributed by atoms with Gasteiger partial charge in [0.2, 0.25) is 0 Å². The number of pyridine rings is 1. The molecule has 3 heterocycles. The summed E-state index contributed by atoms with van der Waals surface area (Å²) in [5.74, 6) is 0.982. The van der Waals surface area contributed by atoms with Crippen molar-refractivity contribution in [3.05, 3.63) is 54.1 Å². The van der Waals surface area contributed by atoms with Gasteiger partial charge in [-0.3, -0.25) is 9.88 Å². The van der Waals surface area contributed by atoms with Crippen LogP contribution in [0.25, 0.3) is 0 Å². The molecule has 0 amide bonds. The highest BCUT2D eigenvalue weighted by molar-refractivity contribution is 5.14. The molecule has 3 rings (SSSR count). The van der Waals surface area contributed by atoms with Gasteiger partial charge in [-0.15, -0.1) is 0 Å². The molecule has 1 fully saturated rings. The molecule has 1 saturated heterocycles. The normalized spacial score (nSPS) is 23.2. The van der Waals surface area contributed by atoms with Crippen LogP contribution in [-0.4, -0.2) is 41.7 Å². The first-order valence-corrected chi connectivity index (χ1v) is 7.11. The summed E-state index contributed by atoms with van der Waals surface area (Å²) in [5, 5.41) is 0. The van der Waals surface area contributed by atoms with Crippen LogP contribution in [0.3, 0.4) is 0 Å². The summed E-state index contributed by atoms with van der Waals surface area (Å²) < 4.78 is 5.40. The Labute approximate surface area is 119 Å². The summed E-state index contributed by atoms with van der Waals surface area (Å²) >= 11 is 0. The Balaban J connectivity index is 1.72. The minimum absolute atomic E-state index is 0.464. The van der Waals surface area contributed by atoms with E-state index in [9.17, 15) is 0 Å². The Morgan fingerprint density at radius 3 is 2.95 bits per heavy atom. The molecule has 0 saturated carbocycles. The van der Waals surface area contributed by atoms with E-state index in [2.05, 4.69) is 33.1 Å². The predicted molar refractivity (Wildman–Crippen MR) is 78.4 cm³/mol. The maximum Gasteiger partial charge on any atom is 0.0509 e. The van der Waals surface area contributed by atoms with Crippen LogP contribution in [0.2, 0.25) is 0 Å². The van der Waals surface area contributed by atoms with E-state index < -0.39 is 0 Å². The Morgan fingerprint density at radius 2 is 2.25 bits per heavy atom. The number of rotatable bonds is 5. The topological polar surface area (TPSA) is 41.1 Å². The van der Waals surface area contributed by atoms with Gasteiger partial charge in [0.1, 0.15) is 0 Å². The van der Waals surface area contributed by atoms with Gasteiger partial charge in [-0.25, -0.2) is 0 Å². The van der Waals surface area contributed by atoms with E-state index in [-0.39, 0.29) is 0 Å². The molecule has 2 aromatic heterocycles. The van der Waals surface area contributed by atoms with Crippen molar-refractivity contribution in [2.24, 2.45) is 5.92 Å². The van der Waals surface area contributed by atoms with Gasteiger partial charge in [0.25, 0.3) is 0 Å². The maximum atomic E-state index is 5.40. The van der Waals surface area contributed by atoms with Gasteiger partial charge in [0.15, 0.2) is 0 Å². The van der Waals surface area contributed by atoms with Crippen molar-refractivity contribution < 1.29 is 4.74 Å². The van der Waals surface area contributed by atoms with Crippen LogP contribution in [0.5, 0.6) is 0 Å². The number of aromatic amines is 1. The molecule has 2 aromatic rings. The number of hydrogen-bond acceptors (Lipinski definition) is 3. The van der Waals surface area contributed by atoms with Gasteiger partial charge in [-0.05, 0) is 24.3 Å². The van der Waals surface area contributed by atoms with Gasteiger partial charge in [0, 0.05) is 62.4 Å². The van der Waals surface area contributed by atoms with Crippen LogP contribution < -0.4 is 0 Å². The first-order valence-electron chi connectivity index (χ1n) is 7.11. The smallest absolute Gasteiger partial charge is 0.0509 e. The van der Waals surface area contributed by atoms with Crippen molar-refractivity contribution in [1.29, 1.82) is 0 Å². The number of ether oxygens (including phenoxy) is 1. The second-order valence-corrected chi connectivity index (χ2v) is 5.47. The number of methoxy groups -OCH3 is 1. The first kappa shape index (κ1) is 13.3. The highest BCUT2D eigenvalue weighted by atomic mass is 16.5. The molecule has 4 nitrogen and oxygen atoms in total. The minimum Gasteiger partial charge on any atom is -0.384 e. The fraction of sp³-hybridized carbons (Fsp3) is 0.438. The number of aromatic nitrogens is 2. The summed E-state index contributed by atoms with van der Waals surface area (Å²) in [6.07, 6.45) is 3.86. The lowest BCUT2D eigenvalue weighted by Crippen LogP contribution is -2.21. The molecule has 0 spiro atoms. The monoisotopic (exact) mass is 271 g/mol. The lowest BCUT2D eigenvalue weighted by atomic mass is 9.93. The van der Waals surface area contributed by atoms with Gasteiger partial charge >= 0.3 is 0 Å². The van der Waals surface area contributed by atoms with E-state index in [4.69, 9.17) is 4.74 Å². The van der Waals surface area contributed by atoms with Crippen molar-refractivity contribution in [2.45, 2.75) is 12.5 Å². The van der Waals surface area contributed by atoms with Crippen molar-refractivity contribution in [3.63, 3.8) is 0 Å². The zero-order chi connectivity index (χ0) is 13.8. The van der Waals surface area contributed by atoms with Gasteiger partial charge < -0.3 is 9.72 Å². The third kappa shape index (κ3) is 2.92. The lowest BCUT2D eigenvalue weighted by Gasteiger charge is -2.16. The molecule has 2 atom stereocenters. The van der Waals surface area contributed by atoms with E-state index >= 15 is 0 Å². The highest BCUT2D eigenvalue weighted by Gasteiger charge is 2.34. The zero-order valence-electron chi connectivity index (χ0n) is 11.8. The molecule has 1 N–H and O–H groups in total. The first-order chi connectivity index (χ1) is 9.86. The van der Waals surface area contributed by atoms with Crippen molar-refractivity contribution in [3.8, 4) is 0 Å². The Kier molecular flexibility index (Phi) is 4.14. The van der Waals surface area contributed by atoms with Crippen LogP contribution in [0.15, 0.2) is 42.7 Å². The van der Waals surface area contributed by atoms with Crippen LogP contribution in [-0.2, 0) is 11.3 Å². The third-order valence-electron chi connectivity index (χ3n) is 4.02. The van der Waals surface area contributed by atoms with Gasteiger partial charge in [0.05, 0.1) is 6.61 Å². The second kappa shape index (κ2) is 6.20. The number of hydrogen-bond donors (Lipinski definition) is 1. The molecule has 0 aliphatic carbocycles. The number of nitrogens with one attached hydrogen (secondary N) is 1. The van der Waals surface area contributed by atoms with E-state index in [1.807, 2.05) is 24.5 Å². The summed E-state index contributed by atoms with van der Waals surface area (Å²) in [6, 6.07) is 10.4. The molecule has 20 heavy (non-hydrogen) atoms. The summed E-state index contributed by atoms with van der Waals surface area (Å²) in [5.41, 5.74) is 2.45. The molecule has 0 unspecified atom stereocenters. The number of likely N-dealkylation sites (tertiary alicyclic amines) is 1. The number of H-pyrrole nitrogens is 1. The van der Waals surface area contributed by atoms with Crippen LogP contribution in [0, 0.1) is 5.92 Å². The SMILES string of the molecule is COC[C@@H]1CN(Cc2ccc[nH]2)C[C@H]1c1ccccn1. The summed E-state index contributed by atoms with van der Waals surface area (Å²) in [7, 11) is 1.78. The second-order valence-electron chi connectivity index (χ2n) is 5.47. The Bertz CT molecular complexity index is 512.